The first kappa shape index (κ1) is 17.5. The minimum absolute atomic E-state index is 0.107. The van der Waals surface area contributed by atoms with E-state index < -0.39 is 0 Å². The standard InChI is InChI=1S/C20H27N3O3/c1-25-10-8-22-9-11-26-19-14-23(7-5-17(19)13-22)20(24)16-2-3-18-15(12-16)4-6-21-18/h2-4,6,12,17,19,21H,5,7-11,13-14H2,1H3/t17-,19+/m1/s1. The van der Waals surface area contributed by atoms with Crippen LogP contribution in [0.15, 0.2) is 30.5 Å². The maximum atomic E-state index is 13.0. The van der Waals surface area contributed by atoms with E-state index in [1.807, 2.05) is 35.4 Å². The average Bonchev–Trinajstić information content (AvgIpc) is 3.04. The van der Waals surface area contributed by atoms with Gasteiger partial charge in [-0.25, -0.2) is 0 Å². The zero-order valence-corrected chi connectivity index (χ0v) is 15.3. The number of piperidine rings is 1. The molecule has 140 valence electrons. The summed E-state index contributed by atoms with van der Waals surface area (Å²) >= 11 is 0. The second-order valence-electron chi connectivity index (χ2n) is 7.28. The van der Waals surface area contributed by atoms with Gasteiger partial charge in [-0.05, 0) is 30.7 Å². The number of amides is 1. The maximum Gasteiger partial charge on any atom is 0.253 e. The first-order chi connectivity index (χ1) is 12.7. The van der Waals surface area contributed by atoms with Gasteiger partial charge in [0, 0.05) is 68.4 Å². The Morgan fingerprint density at radius 1 is 1.31 bits per heavy atom. The molecular weight excluding hydrogens is 330 g/mol. The van der Waals surface area contributed by atoms with Gasteiger partial charge in [0.25, 0.3) is 5.91 Å². The Bertz CT molecular complexity index is 760. The van der Waals surface area contributed by atoms with E-state index in [9.17, 15) is 4.79 Å². The van der Waals surface area contributed by atoms with Crippen LogP contribution in [0.4, 0.5) is 0 Å². The minimum atomic E-state index is 0.107. The number of nitrogens with one attached hydrogen (secondary N) is 1. The summed E-state index contributed by atoms with van der Waals surface area (Å²) < 4.78 is 11.3. The number of aromatic amines is 1. The highest BCUT2D eigenvalue weighted by atomic mass is 16.5. The molecular formula is C20H27N3O3. The Labute approximate surface area is 154 Å². The Morgan fingerprint density at radius 3 is 3.12 bits per heavy atom. The number of methoxy groups -OCH3 is 1. The molecule has 0 spiro atoms. The summed E-state index contributed by atoms with van der Waals surface area (Å²) in [7, 11) is 1.74. The summed E-state index contributed by atoms with van der Waals surface area (Å²) in [6, 6.07) is 7.86. The quantitative estimate of drug-likeness (QED) is 0.909. The molecule has 3 heterocycles. The van der Waals surface area contributed by atoms with Gasteiger partial charge in [0.2, 0.25) is 0 Å². The maximum absolute atomic E-state index is 13.0. The third-order valence-electron chi connectivity index (χ3n) is 5.63. The largest absolute Gasteiger partial charge is 0.383 e. The SMILES string of the molecule is COCCN1CCO[C@H]2CN(C(=O)c3ccc4[nH]ccc4c3)CC[C@@H]2C1. The first-order valence-corrected chi connectivity index (χ1v) is 9.44. The fraction of sp³-hybridized carbons (Fsp3) is 0.550. The predicted octanol–water partition coefficient (Wildman–Crippen LogP) is 1.98. The molecule has 2 saturated heterocycles. The van der Waals surface area contributed by atoms with Crippen molar-refractivity contribution in [3.63, 3.8) is 0 Å². The highest BCUT2D eigenvalue weighted by molar-refractivity contribution is 5.98. The summed E-state index contributed by atoms with van der Waals surface area (Å²) in [5.74, 6) is 0.598. The Kier molecular flexibility index (Phi) is 5.24. The van der Waals surface area contributed by atoms with E-state index in [0.29, 0.717) is 12.5 Å². The normalized spacial score (nSPS) is 24.4. The summed E-state index contributed by atoms with van der Waals surface area (Å²) in [5, 5.41) is 1.07. The van der Waals surface area contributed by atoms with E-state index in [1.165, 1.54) is 0 Å². The topological polar surface area (TPSA) is 57.8 Å². The number of carbonyl (C=O) groups is 1. The molecule has 2 aliphatic rings. The first-order valence-electron chi connectivity index (χ1n) is 9.44. The van der Waals surface area contributed by atoms with Crippen LogP contribution in [-0.2, 0) is 9.47 Å². The van der Waals surface area contributed by atoms with Crippen molar-refractivity contribution < 1.29 is 14.3 Å². The number of likely N-dealkylation sites (tertiary alicyclic amines) is 1. The van der Waals surface area contributed by atoms with Gasteiger partial charge >= 0.3 is 0 Å². The van der Waals surface area contributed by atoms with Crippen LogP contribution < -0.4 is 0 Å². The Morgan fingerprint density at radius 2 is 2.23 bits per heavy atom. The lowest BCUT2D eigenvalue weighted by Crippen LogP contribution is -2.49. The van der Waals surface area contributed by atoms with Gasteiger partial charge in [0.05, 0.1) is 19.3 Å². The zero-order chi connectivity index (χ0) is 17.9. The predicted molar refractivity (Wildman–Crippen MR) is 100 cm³/mol. The number of fused-ring (bicyclic) bond motifs is 2. The molecule has 4 rings (SSSR count). The number of aromatic nitrogens is 1. The third kappa shape index (κ3) is 3.63. The van der Waals surface area contributed by atoms with Crippen molar-refractivity contribution in [2.45, 2.75) is 12.5 Å². The zero-order valence-electron chi connectivity index (χ0n) is 15.3. The highest BCUT2D eigenvalue weighted by Gasteiger charge is 2.35. The molecule has 2 aliphatic heterocycles. The summed E-state index contributed by atoms with van der Waals surface area (Å²) in [4.78, 5) is 20.5. The second-order valence-corrected chi connectivity index (χ2v) is 7.28. The van der Waals surface area contributed by atoms with Gasteiger partial charge in [0.15, 0.2) is 0 Å². The van der Waals surface area contributed by atoms with E-state index in [1.54, 1.807) is 7.11 Å². The van der Waals surface area contributed by atoms with Gasteiger partial charge in [-0.1, -0.05) is 0 Å². The molecule has 1 N–H and O–H groups in total. The summed E-state index contributed by atoms with van der Waals surface area (Å²) in [5.41, 5.74) is 1.81. The molecule has 6 nitrogen and oxygen atoms in total. The number of nitrogens with zero attached hydrogens (tertiary/aromatic N) is 2. The van der Waals surface area contributed by atoms with Crippen LogP contribution >= 0.6 is 0 Å². The molecule has 2 atom stereocenters. The molecule has 0 saturated carbocycles. The number of H-pyrrole nitrogens is 1. The van der Waals surface area contributed by atoms with Crippen molar-refractivity contribution in [3.8, 4) is 0 Å². The van der Waals surface area contributed by atoms with Crippen LogP contribution in [0.3, 0.4) is 0 Å². The van der Waals surface area contributed by atoms with Crippen molar-refractivity contribution >= 4 is 16.8 Å². The van der Waals surface area contributed by atoms with Gasteiger partial charge < -0.3 is 19.4 Å². The van der Waals surface area contributed by atoms with Crippen LogP contribution in [0.1, 0.15) is 16.8 Å². The molecule has 1 aromatic carbocycles. The third-order valence-corrected chi connectivity index (χ3v) is 5.63. The lowest BCUT2D eigenvalue weighted by atomic mass is 9.92. The molecule has 6 heteroatoms. The number of carbonyl (C=O) groups excluding carboxylic acids is 1. The van der Waals surface area contributed by atoms with Crippen molar-refractivity contribution in [1.29, 1.82) is 0 Å². The van der Waals surface area contributed by atoms with Crippen LogP contribution in [0.25, 0.3) is 10.9 Å². The Balaban J connectivity index is 1.41. The molecule has 1 amide bonds. The van der Waals surface area contributed by atoms with E-state index in [0.717, 1.165) is 62.3 Å². The van der Waals surface area contributed by atoms with Gasteiger partial charge in [-0.15, -0.1) is 0 Å². The number of ether oxygens (including phenoxy) is 2. The summed E-state index contributed by atoms with van der Waals surface area (Å²) in [6.45, 7) is 5.88. The number of hydrogen-bond donors (Lipinski definition) is 1. The van der Waals surface area contributed by atoms with Crippen LogP contribution in [0.2, 0.25) is 0 Å². The molecule has 1 aromatic heterocycles. The Hall–Kier alpha value is -1.89. The average molecular weight is 357 g/mol. The van der Waals surface area contributed by atoms with Crippen LogP contribution in [-0.4, -0.2) is 79.8 Å². The van der Waals surface area contributed by atoms with E-state index >= 15 is 0 Å². The van der Waals surface area contributed by atoms with Gasteiger partial charge in [0.1, 0.15) is 0 Å². The van der Waals surface area contributed by atoms with Crippen molar-refractivity contribution in [3.05, 3.63) is 36.0 Å². The molecule has 0 unspecified atom stereocenters. The highest BCUT2D eigenvalue weighted by Crippen LogP contribution is 2.25. The lowest BCUT2D eigenvalue weighted by molar-refractivity contribution is -0.0171. The van der Waals surface area contributed by atoms with E-state index in [-0.39, 0.29) is 12.0 Å². The fourth-order valence-corrected chi connectivity index (χ4v) is 4.10. The van der Waals surface area contributed by atoms with Crippen molar-refractivity contribution in [2.24, 2.45) is 5.92 Å². The minimum Gasteiger partial charge on any atom is -0.383 e. The monoisotopic (exact) mass is 357 g/mol. The second kappa shape index (κ2) is 7.78. The molecule has 26 heavy (non-hydrogen) atoms. The molecule has 0 aliphatic carbocycles. The molecule has 0 radical (unpaired) electrons. The number of hydrogen-bond acceptors (Lipinski definition) is 4. The smallest absolute Gasteiger partial charge is 0.253 e. The van der Waals surface area contributed by atoms with Gasteiger partial charge in [-0.2, -0.15) is 0 Å². The molecule has 0 bridgehead atoms. The van der Waals surface area contributed by atoms with Crippen molar-refractivity contribution in [2.75, 3.05) is 53.0 Å². The van der Waals surface area contributed by atoms with Crippen LogP contribution in [0.5, 0.6) is 0 Å². The van der Waals surface area contributed by atoms with Gasteiger partial charge in [-0.3, -0.25) is 9.69 Å². The molecule has 2 aromatic rings. The lowest BCUT2D eigenvalue weighted by Gasteiger charge is -2.38. The van der Waals surface area contributed by atoms with E-state index in [2.05, 4.69) is 9.88 Å². The van der Waals surface area contributed by atoms with Crippen LogP contribution in [0, 0.1) is 5.92 Å². The van der Waals surface area contributed by atoms with E-state index in [4.69, 9.17) is 9.47 Å². The van der Waals surface area contributed by atoms with Crippen molar-refractivity contribution in [1.82, 2.24) is 14.8 Å². The number of rotatable bonds is 4. The fourth-order valence-electron chi connectivity index (χ4n) is 4.10. The molecule has 2 fully saturated rings. The number of benzene rings is 1. The summed E-state index contributed by atoms with van der Waals surface area (Å²) in [6.07, 6.45) is 3.03.